The summed E-state index contributed by atoms with van der Waals surface area (Å²) in [7, 11) is 0. The molecular weight excluding hydrogens is 228 g/mol. The number of hydrogen-bond acceptors (Lipinski definition) is 5. The Bertz CT molecular complexity index is 453. The van der Waals surface area contributed by atoms with E-state index in [1.165, 1.54) is 0 Å². The molecule has 0 aromatic carbocycles. The van der Waals surface area contributed by atoms with E-state index in [0.29, 0.717) is 0 Å². The van der Waals surface area contributed by atoms with Gasteiger partial charge in [-0.05, 0) is 19.4 Å². The van der Waals surface area contributed by atoms with Gasteiger partial charge in [0.25, 0.3) is 0 Å². The normalized spacial score (nSPS) is 10.3. The summed E-state index contributed by atoms with van der Waals surface area (Å²) >= 11 is 0. The molecule has 18 heavy (non-hydrogen) atoms. The Balaban J connectivity index is 1.74. The number of anilines is 2. The van der Waals surface area contributed by atoms with Gasteiger partial charge in [0.05, 0.1) is 0 Å². The second kappa shape index (κ2) is 6.58. The maximum absolute atomic E-state index is 4.17. The van der Waals surface area contributed by atoms with Crippen LogP contribution in [0.15, 0.2) is 30.9 Å². The molecule has 2 rings (SSSR count). The Hall–Kier alpha value is -2.11. The average Bonchev–Trinajstić information content (AvgIpc) is 2.89. The lowest BCUT2D eigenvalue weighted by Crippen LogP contribution is -2.09. The Morgan fingerprint density at radius 1 is 1.22 bits per heavy atom. The van der Waals surface area contributed by atoms with Crippen molar-refractivity contribution in [2.45, 2.75) is 19.9 Å². The van der Waals surface area contributed by atoms with Gasteiger partial charge in [0.1, 0.15) is 18.0 Å². The first-order chi connectivity index (χ1) is 8.88. The molecule has 2 heterocycles. The smallest absolute Gasteiger partial charge is 0.131 e. The zero-order chi connectivity index (χ0) is 12.6. The predicted molar refractivity (Wildman–Crippen MR) is 71.5 cm³/mol. The SMILES string of the molecule is CCNc1cc(NCCCn2cccn2)ncn1. The van der Waals surface area contributed by atoms with Gasteiger partial charge in [0, 0.05) is 38.1 Å². The van der Waals surface area contributed by atoms with E-state index in [-0.39, 0.29) is 0 Å². The highest BCUT2D eigenvalue weighted by molar-refractivity contribution is 5.46. The number of aromatic nitrogens is 4. The third kappa shape index (κ3) is 3.73. The molecule has 0 saturated heterocycles. The molecule has 0 radical (unpaired) electrons. The molecule has 96 valence electrons. The maximum Gasteiger partial charge on any atom is 0.131 e. The van der Waals surface area contributed by atoms with Crippen LogP contribution in [0.1, 0.15) is 13.3 Å². The highest BCUT2D eigenvalue weighted by Crippen LogP contribution is 2.07. The topological polar surface area (TPSA) is 67.7 Å². The van der Waals surface area contributed by atoms with E-state index in [9.17, 15) is 0 Å². The third-order valence-electron chi connectivity index (χ3n) is 2.45. The van der Waals surface area contributed by atoms with Crippen LogP contribution >= 0.6 is 0 Å². The van der Waals surface area contributed by atoms with E-state index in [1.54, 1.807) is 12.5 Å². The van der Waals surface area contributed by atoms with E-state index >= 15 is 0 Å². The minimum absolute atomic E-state index is 0.849. The van der Waals surface area contributed by atoms with Crippen LogP contribution in [0.5, 0.6) is 0 Å². The summed E-state index contributed by atoms with van der Waals surface area (Å²) in [5.74, 6) is 1.70. The molecule has 0 aliphatic carbocycles. The van der Waals surface area contributed by atoms with Crippen molar-refractivity contribution in [2.24, 2.45) is 0 Å². The number of aryl methyl sites for hydroxylation is 1. The van der Waals surface area contributed by atoms with E-state index in [2.05, 4.69) is 25.7 Å². The summed E-state index contributed by atoms with van der Waals surface area (Å²) < 4.78 is 1.92. The Morgan fingerprint density at radius 2 is 2.06 bits per heavy atom. The van der Waals surface area contributed by atoms with Gasteiger partial charge in [0.2, 0.25) is 0 Å². The van der Waals surface area contributed by atoms with Crippen LogP contribution in [0.3, 0.4) is 0 Å². The Labute approximate surface area is 106 Å². The van der Waals surface area contributed by atoms with Crippen LogP contribution in [0, 0.1) is 0 Å². The summed E-state index contributed by atoms with van der Waals surface area (Å²) in [6.45, 7) is 4.67. The van der Waals surface area contributed by atoms with Crippen molar-refractivity contribution >= 4 is 11.6 Å². The first-order valence-corrected chi connectivity index (χ1v) is 6.15. The summed E-state index contributed by atoms with van der Waals surface area (Å²) in [6.07, 6.45) is 6.32. The van der Waals surface area contributed by atoms with Crippen molar-refractivity contribution < 1.29 is 0 Å². The van der Waals surface area contributed by atoms with Crippen molar-refractivity contribution in [1.29, 1.82) is 0 Å². The quantitative estimate of drug-likeness (QED) is 0.726. The van der Waals surface area contributed by atoms with Crippen LogP contribution in [0.25, 0.3) is 0 Å². The van der Waals surface area contributed by atoms with Gasteiger partial charge in [0.15, 0.2) is 0 Å². The molecule has 2 N–H and O–H groups in total. The fourth-order valence-electron chi connectivity index (χ4n) is 1.62. The van der Waals surface area contributed by atoms with Crippen molar-refractivity contribution in [3.05, 3.63) is 30.9 Å². The van der Waals surface area contributed by atoms with Gasteiger partial charge in [-0.25, -0.2) is 9.97 Å². The first kappa shape index (κ1) is 12.3. The van der Waals surface area contributed by atoms with Crippen LogP contribution < -0.4 is 10.6 Å². The minimum Gasteiger partial charge on any atom is -0.370 e. The predicted octanol–water partition coefficient (Wildman–Crippen LogP) is 1.61. The van der Waals surface area contributed by atoms with Crippen LogP contribution in [-0.4, -0.2) is 32.8 Å². The molecule has 0 saturated carbocycles. The average molecular weight is 246 g/mol. The highest BCUT2D eigenvalue weighted by atomic mass is 15.3. The lowest BCUT2D eigenvalue weighted by Gasteiger charge is -2.07. The highest BCUT2D eigenvalue weighted by Gasteiger charge is 1.97. The lowest BCUT2D eigenvalue weighted by atomic mass is 10.4. The van der Waals surface area contributed by atoms with Crippen LogP contribution in [0.4, 0.5) is 11.6 Å². The molecule has 0 amide bonds. The summed E-state index contributed by atoms with van der Waals surface area (Å²) in [4.78, 5) is 8.29. The molecule has 0 aliphatic heterocycles. The van der Waals surface area contributed by atoms with Gasteiger partial charge >= 0.3 is 0 Å². The van der Waals surface area contributed by atoms with Crippen LogP contribution in [-0.2, 0) is 6.54 Å². The Morgan fingerprint density at radius 3 is 2.78 bits per heavy atom. The van der Waals surface area contributed by atoms with Gasteiger partial charge in [-0.3, -0.25) is 4.68 Å². The van der Waals surface area contributed by atoms with Gasteiger partial charge in [-0.2, -0.15) is 5.10 Å². The molecule has 2 aromatic heterocycles. The van der Waals surface area contributed by atoms with Crippen molar-refractivity contribution in [3.63, 3.8) is 0 Å². The monoisotopic (exact) mass is 246 g/mol. The molecule has 0 aliphatic rings. The number of rotatable bonds is 7. The number of nitrogens with zero attached hydrogens (tertiary/aromatic N) is 4. The Kier molecular flexibility index (Phi) is 4.52. The van der Waals surface area contributed by atoms with E-state index in [4.69, 9.17) is 0 Å². The first-order valence-electron chi connectivity index (χ1n) is 6.15. The molecule has 0 spiro atoms. The van der Waals surface area contributed by atoms with E-state index in [1.807, 2.05) is 29.9 Å². The molecule has 0 atom stereocenters. The van der Waals surface area contributed by atoms with Gasteiger partial charge < -0.3 is 10.6 Å². The van der Waals surface area contributed by atoms with Gasteiger partial charge in [-0.1, -0.05) is 0 Å². The summed E-state index contributed by atoms with van der Waals surface area (Å²) in [6, 6.07) is 3.85. The third-order valence-corrected chi connectivity index (χ3v) is 2.45. The number of hydrogen-bond donors (Lipinski definition) is 2. The lowest BCUT2D eigenvalue weighted by molar-refractivity contribution is 0.591. The zero-order valence-corrected chi connectivity index (χ0v) is 10.5. The second-order valence-electron chi connectivity index (χ2n) is 3.87. The summed E-state index contributed by atoms with van der Waals surface area (Å²) in [5.41, 5.74) is 0. The zero-order valence-electron chi connectivity index (χ0n) is 10.5. The van der Waals surface area contributed by atoms with Crippen molar-refractivity contribution in [3.8, 4) is 0 Å². The van der Waals surface area contributed by atoms with Gasteiger partial charge in [-0.15, -0.1) is 0 Å². The maximum atomic E-state index is 4.17. The van der Waals surface area contributed by atoms with Crippen molar-refractivity contribution in [1.82, 2.24) is 19.7 Å². The fraction of sp³-hybridized carbons (Fsp3) is 0.417. The summed E-state index contributed by atoms with van der Waals surface area (Å²) in [5, 5.41) is 10.6. The number of nitrogens with one attached hydrogen (secondary N) is 2. The standard InChI is InChI=1S/C12H18N6/c1-2-13-11-9-12(16-10-15-11)14-5-3-7-18-8-4-6-17-18/h4,6,8-10H,2-3,5,7H2,1H3,(H2,13,14,15,16). The molecular formula is C12H18N6. The fourth-order valence-corrected chi connectivity index (χ4v) is 1.62. The molecule has 2 aromatic rings. The second-order valence-corrected chi connectivity index (χ2v) is 3.87. The van der Waals surface area contributed by atoms with Crippen LogP contribution in [0.2, 0.25) is 0 Å². The van der Waals surface area contributed by atoms with Crippen molar-refractivity contribution in [2.75, 3.05) is 23.7 Å². The molecule has 0 bridgehead atoms. The van der Waals surface area contributed by atoms with E-state index in [0.717, 1.165) is 37.7 Å². The molecule has 6 nitrogen and oxygen atoms in total. The molecule has 0 fully saturated rings. The largest absolute Gasteiger partial charge is 0.370 e. The molecule has 0 unspecified atom stereocenters. The van der Waals surface area contributed by atoms with E-state index < -0.39 is 0 Å². The molecule has 6 heteroatoms. The minimum atomic E-state index is 0.849.